The molecule has 28 heavy (non-hydrogen) atoms. The Bertz CT molecular complexity index is 1120. The van der Waals surface area contributed by atoms with E-state index in [2.05, 4.69) is 11.1 Å². The van der Waals surface area contributed by atoms with Crippen molar-refractivity contribution >= 4 is 10.0 Å². The van der Waals surface area contributed by atoms with Gasteiger partial charge in [0.2, 0.25) is 10.0 Å². The highest BCUT2D eigenvalue weighted by Crippen LogP contribution is 2.31. The SMILES string of the molecule is Cc1cc(C)c(S(=O)(=O)N2CCc3cc(-c4ccccn4)ccc3C2)c(C)c1. The van der Waals surface area contributed by atoms with Gasteiger partial charge in [-0.1, -0.05) is 35.9 Å². The molecule has 144 valence electrons. The maximum atomic E-state index is 13.4. The number of sulfonamides is 1. The molecule has 1 aliphatic heterocycles. The largest absolute Gasteiger partial charge is 0.256 e. The number of aryl methyl sites for hydroxylation is 3. The molecule has 0 amide bonds. The predicted molar refractivity (Wildman–Crippen MR) is 112 cm³/mol. The molecule has 0 bridgehead atoms. The molecule has 1 aromatic heterocycles. The Balaban J connectivity index is 1.66. The van der Waals surface area contributed by atoms with Crippen LogP contribution in [0.15, 0.2) is 59.6 Å². The van der Waals surface area contributed by atoms with E-state index in [4.69, 9.17) is 0 Å². The maximum Gasteiger partial charge on any atom is 0.243 e. The van der Waals surface area contributed by atoms with Gasteiger partial charge in [0.25, 0.3) is 0 Å². The Morgan fingerprint density at radius 1 is 0.929 bits per heavy atom. The van der Waals surface area contributed by atoms with Crippen molar-refractivity contribution in [3.63, 3.8) is 0 Å². The van der Waals surface area contributed by atoms with E-state index in [0.29, 0.717) is 24.4 Å². The second kappa shape index (κ2) is 7.15. The molecule has 0 N–H and O–H groups in total. The number of hydrogen-bond acceptors (Lipinski definition) is 3. The Labute approximate surface area is 166 Å². The summed E-state index contributed by atoms with van der Waals surface area (Å²) in [4.78, 5) is 4.86. The van der Waals surface area contributed by atoms with Gasteiger partial charge in [0, 0.05) is 24.8 Å². The van der Waals surface area contributed by atoms with E-state index in [1.165, 1.54) is 5.56 Å². The number of nitrogens with zero attached hydrogens (tertiary/aromatic N) is 2. The van der Waals surface area contributed by atoms with Crippen LogP contribution in [-0.4, -0.2) is 24.3 Å². The molecule has 0 saturated heterocycles. The highest BCUT2D eigenvalue weighted by molar-refractivity contribution is 7.89. The zero-order valence-corrected chi connectivity index (χ0v) is 17.3. The first kappa shape index (κ1) is 18.8. The van der Waals surface area contributed by atoms with E-state index in [1.807, 2.05) is 63.2 Å². The molecule has 1 aliphatic rings. The highest BCUT2D eigenvalue weighted by Gasteiger charge is 2.30. The Morgan fingerprint density at radius 2 is 1.68 bits per heavy atom. The summed E-state index contributed by atoms with van der Waals surface area (Å²) in [6.07, 6.45) is 2.49. The quantitative estimate of drug-likeness (QED) is 0.663. The zero-order valence-electron chi connectivity index (χ0n) is 16.4. The van der Waals surface area contributed by atoms with Crippen molar-refractivity contribution in [3.05, 3.63) is 82.5 Å². The first-order valence-electron chi connectivity index (χ1n) is 9.47. The molecule has 0 saturated carbocycles. The van der Waals surface area contributed by atoms with Gasteiger partial charge in [-0.25, -0.2) is 8.42 Å². The summed E-state index contributed by atoms with van der Waals surface area (Å²) >= 11 is 0. The van der Waals surface area contributed by atoms with E-state index < -0.39 is 10.0 Å². The first-order chi connectivity index (χ1) is 13.4. The van der Waals surface area contributed by atoms with Crippen LogP contribution < -0.4 is 0 Å². The second-order valence-electron chi connectivity index (χ2n) is 7.51. The standard InChI is InChI=1S/C23H24N2O2S/c1-16-12-17(2)23(18(3)13-16)28(26,27)25-11-9-19-14-20(7-8-21(19)15-25)22-6-4-5-10-24-22/h4-8,10,12-14H,9,11,15H2,1-3H3. The van der Waals surface area contributed by atoms with E-state index >= 15 is 0 Å². The van der Waals surface area contributed by atoms with Crippen molar-refractivity contribution in [2.24, 2.45) is 0 Å². The molecule has 0 aliphatic carbocycles. The van der Waals surface area contributed by atoms with E-state index in [9.17, 15) is 8.42 Å². The Morgan fingerprint density at radius 3 is 2.36 bits per heavy atom. The van der Waals surface area contributed by atoms with E-state index in [1.54, 1.807) is 10.5 Å². The van der Waals surface area contributed by atoms with Crippen molar-refractivity contribution in [3.8, 4) is 11.3 Å². The van der Waals surface area contributed by atoms with Crippen LogP contribution in [0.2, 0.25) is 0 Å². The van der Waals surface area contributed by atoms with Crippen LogP contribution in [0.1, 0.15) is 27.8 Å². The molecule has 0 radical (unpaired) electrons. The molecule has 4 rings (SSSR count). The second-order valence-corrected chi connectivity index (χ2v) is 9.39. The molecule has 5 heteroatoms. The molecule has 0 unspecified atom stereocenters. The van der Waals surface area contributed by atoms with Gasteiger partial charge in [0.05, 0.1) is 10.6 Å². The monoisotopic (exact) mass is 392 g/mol. The maximum absolute atomic E-state index is 13.4. The molecule has 2 heterocycles. The molecule has 3 aromatic rings. The van der Waals surface area contributed by atoms with E-state index in [-0.39, 0.29) is 0 Å². The van der Waals surface area contributed by atoms with Crippen LogP contribution in [0.25, 0.3) is 11.3 Å². The van der Waals surface area contributed by atoms with Gasteiger partial charge in [0.15, 0.2) is 0 Å². The number of aromatic nitrogens is 1. The highest BCUT2D eigenvalue weighted by atomic mass is 32.2. The minimum atomic E-state index is -3.52. The van der Waals surface area contributed by atoms with Gasteiger partial charge in [0.1, 0.15) is 0 Å². The third-order valence-corrected chi connectivity index (χ3v) is 7.50. The summed E-state index contributed by atoms with van der Waals surface area (Å²) in [5.74, 6) is 0. The fourth-order valence-corrected chi connectivity index (χ4v) is 5.96. The third-order valence-electron chi connectivity index (χ3n) is 5.35. The molecule has 0 fully saturated rings. The van der Waals surface area contributed by atoms with Crippen molar-refractivity contribution in [2.75, 3.05) is 6.54 Å². The lowest BCUT2D eigenvalue weighted by molar-refractivity contribution is 0.391. The van der Waals surface area contributed by atoms with Crippen molar-refractivity contribution in [1.82, 2.24) is 9.29 Å². The minimum absolute atomic E-state index is 0.410. The molecular weight excluding hydrogens is 368 g/mol. The molecule has 4 nitrogen and oxygen atoms in total. The normalized spacial score (nSPS) is 14.7. The number of hydrogen-bond donors (Lipinski definition) is 0. The lowest BCUT2D eigenvalue weighted by atomic mass is 9.97. The van der Waals surface area contributed by atoms with Crippen molar-refractivity contribution < 1.29 is 8.42 Å². The van der Waals surface area contributed by atoms with Crippen LogP contribution in [-0.2, 0) is 23.0 Å². The smallest absolute Gasteiger partial charge is 0.243 e. The summed E-state index contributed by atoms with van der Waals surface area (Å²) in [7, 11) is -3.52. The van der Waals surface area contributed by atoms with Crippen LogP contribution >= 0.6 is 0 Å². The van der Waals surface area contributed by atoms with Gasteiger partial charge >= 0.3 is 0 Å². The van der Waals surface area contributed by atoms with Gasteiger partial charge in [-0.15, -0.1) is 0 Å². The number of pyridine rings is 1. The minimum Gasteiger partial charge on any atom is -0.256 e. The molecule has 0 spiro atoms. The number of benzene rings is 2. The molecular formula is C23H24N2O2S. The average Bonchev–Trinajstić information content (AvgIpc) is 2.66. The van der Waals surface area contributed by atoms with Crippen LogP contribution in [0, 0.1) is 20.8 Å². The zero-order chi connectivity index (χ0) is 19.9. The predicted octanol–water partition coefficient (Wildman–Crippen LogP) is 4.42. The summed E-state index contributed by atoms with van der Waals surface area (Å²) in [6, 6.07) is 16.0. The fourth-order valence-electron chi connectivity index (χ4n) is 4.13. The summed E-state index contributed by atoms with van der Waals surface area (Å²) in [5, 5.41) is 0. The Hall–Kier alpha value is -2.50. The third kappa shape index (κ3) is 3.36. The topological polar surface area (TPSA) is 50.3 Å². The first-order valence-corrected chi connectivity index (χ1v) is 10.9. The molecule has 2 aromatic carbocycles. The van der Waals surface area contributed by atoms with Crippen LogP contribution in [0.5, 0.6) is 0 Å². The van der Waals surface area contributed by atoms with Crippen LogP contribution in [0.4, 0.5) is 0 Å². The summed E-state index contributed by atoms with van der Waals surface area (Å²) in [5.41, 5.74) is 6.98. The van der Waals surface area contributed by atoms with Gasteiger partial charge in [-0.3, -0.25) is 4.98 Å². The lowest BCUT2D eigenvalue weighted by Crippen LogP contribution is -2.36. The van der Waals surface area contributed by atoms with Gasteiger partial charge < -0.3 is 0 Å². The number of fused-ring (bicyclic) bond motifs is 1. The summed E-state index contributed by atoms with van der Waals surface area (Å²) in [6.45, 7) is 6.65. The summed E-state index contributed by atoms with van der Waals surface area (Å²) < 4.78 is 28.3. The van der Waals surface area contributed by atoms with Gasteiger partial charge in [-0.05, 0) is 67.6 Å². The van der Waals surface area contributed by atoms with Crippen LogP contribution in [0.3, 0.4) is 0 Å². The molecule has 0 atom stereocenters. The van der Waals surface area contributed by atoms with E-state index in [0.717, 1.165) is 33.5 Å². The van der Waals surface area contributed by atoms with Crippen molar-refractivity contribution in [1.29, 1.82) is 0 Å². The average molecular weight is 393 g/mol. The lowest BCUT2D eigenvalue weighted by Gasteiger charge is -2.29. The van der Waals surface area contributed by atoms with Gasteiger partial charge in [-0.2, -0.15) is 4.31 Å². The van der Waals surface area contributed by atoms with Crippen molar-refractivity contribution in [2.45, 2.75) is 38.6 Å². The fraction of sp³-hybridized carbons (Fsp3) is 0.261. The number of rotatable bonds is 3. The Kier molecular flexibility index (Phi) is 4.81.